The molecule has 1 N–H and O–H groups in total. The second kappa shape index (κ2) is 5.71. The van der Waals surface area contributed by atoms with Crippen LogP contribution in [0.4, 0.5) is 0 Å². The van der Waals surface area contributed by atoms with Gasteiger partial charge in [-0.3, -0.25) is 0 Å². The van der Waals surface area contributed by atoms with Gasteiger partial charge in [-0.15, -0.1) is 4.72 Å². The van der Waals surface area contributed by atoms with E-state index in [4.69, 9.17) is 0 Å². The van der Waals surface area contributed by atoms with Crippen LogP contribution in [0.3, 0.4) is 0 Å². The van der Waals surface area contributed by atoms with Gasteiger partial charge in [-0.25, -0.2) is 0 Å². The Labute approximate surface area is 102 Å². The van der Waals surface area contributed by atoms with Crippen LogP contribution in [0, 0.1) is 0 Å². The van der Waals surface area contributed by atoms with Gasteiger partial charge >= 0.3 is 0 Å². The molecule has 1 rings (SSSR count). The highest BCUT2D eigenvalue weighted by atomic mass is 32.2. The zero-order valence-electron chi connectivity index (χ0n) is 10.5. The van der Waals surface area contributed by atoms with Gasteiger partial charge in [0.2, 0.25) is 0 Å². The van der Waals surface area contributed by atoms with Crippen LogP contribution < -0.4 is 4.72 Å². The van der Waals surface area contributed by atoms with E-state index in [0.29, 0.717) is 0 Å². The molecule has 0 aromatic carbocycles. The molecule has 3 heteroatoms. The Balaban J connectivity index is 2.61. The third kappa shape index (κ3) is 4.16. The minimum atomic E-state index is -1.02. The van der Waals surface area contributed by atoms with Gasteiger partial charge in [0.05, 0.1) is 6.04 Å². The number of rotatable bonds is 3. The molecule has 0 saturated carbocycles. The van der Waals surface area contributed by atoms with Crippen molar-refractivity contribution >= 4 is 11.4 Å². The van der Waals surface area contributed by atoms with Gasteiger partial charge in [-0.05, 0) is 39.7 Å². The van der Waals surface area contributed by atoms with E-state index >= 15 is 0 Å². The predicted molar refractivity (Wildman–Crippen MR) is 71.5 cm³/mol. The van der Waals surface area contributed by atoms with Crippen molar-refractivity contribution in [3.63, 3.8) is 0 Å². The minimum Gasteiger partial charge on any atom is -0.598 e. The molecule has 1 aliphatic carbocycles. The molecule has 0 amide bonds. The summed E-state index contributed by atoms with van der Waals surface area (Å²) in [5.74, 6) is 0. The highest BCUT2D eigenvalue weighted by Gasteiger charge is 2.28. The zero-order valence-corrected chi connectivity index (χ0v) is 11.3. The monoisotopic (exact) mass is 239 g/mol. The lowest BCUT2D eigenvalue weighted by Crippen LogP contribution is -2.44. The summed E-state index contributed by atoms with van der Waals surface area (Å²) in [6.45, 7) is 7.96. The van der Waals surface area contributed by atoms with Gasteiger partial charge in [-0.1, -0.05) is 30.4 Å². The van der Waals surface area contributed by atoms with Crippen LogP contribution in [0.25, 0.3) is 0 Å². The summed E-state index contributed by atoms with van der Waals surface area (Å²) in [4.78, 5) is 0. The fourth-order valence-corrected chi connectivity index (χ4v) is 2.10. The van der Waals surface area contributed by atoms with Gasteiger partial charge in [-0.2, -0.15) is 0 Å². The maximum atomic E-state index is 11.9. The molecule has 0 saturated heterocycles. The molecule has 0 bridgehead atoms. The standard InChI is InChI=1S/C13H21NOS/c1-11(14-16(15)13(2,3)4)12-9-7-5-6-8-10-12/h5,7-11,14H,6H2,1-4H3. The van der Waals surface area contributed by atoms with Crippen molar-refractivity contribution in [3.05, 3.63) is 36.0 Å². The van der Waals surface area contributed by atoms with Crippen LogP contribution in [0.1, 0.15) is 34.1 Å². The van der Waals surface area contributed by atoms with E-state index in [0.717, 1.165) is 6.42 Å². The third-order valence-electron chi connectivity index (χ3n) is 2.35. The largest absolute Gasteiger partial charge is 0.598 e. The zero-order chi connectivity index (χ0) is 12.2. The maximum Gasteiger partial charge on any atom is 0.136 e. The Kier molecular flexibility index (Phi) is 4.84. The molecule has 0 aromatic rings. The van der Waals surface area contributed by atoms with Crippen LogP contribution in [-0.2, 0) is 11.4 Å². The van der Waals surface area contributed by atoms with Crippen molar-refractivity contribution in [3.8, 4) is 0 Å². The van der Waals surface area contributed by atoms with E-state index in [1.54, 1.807) is 0 Å². The molecule has 2 nitrogen and oxygen atoms in total. The lowest BCUT2D eigenvalue weighted by Gasteiger charge is -2.26. The molecular formula is C13H21NOS. The molecule has 0 radical (unpaired) electrons. The normalized spacial score (nSPS) is 20.2. The molecule has 0 aromatic heterocycles. The summed E-state index contributed by atoms with van der Waals surface area (Å²) >= 11 is -1.02. The third-order valence-corrected chi connectivity index (χ3v) is 4.03. The van der Waals surface area contributed by atoms with Crippen molar-refractivity contribution < 1.29 is 4.55 Å². The first-order valence-corrected chi connectivity index (χ1v) is 6.77. The highest BCUT2D eigenvalue weighted by Crippen LogP contribution is 2.16. The summed E-state index contributed by atoms with van der Waals surface area (Å²) in [6.07, 6.45) is 11.4. The van der Waals surface area contributed by atoms with Gasteiger partial charge in [0.25, 0.3) is 0 Å². The molecule has 0 spiro atoms. The first-order valence-electron chi connectivity index (χ1n) is 5.62. The second-order valence-electron chi connectivity index (χ2n) is 4.95. The number of allylic oxidation sites excluding steroid dienone is 4. The quantitative estimate of drug-likeness (QED) is 0.769. The second-order valence-corrected chi connectivity index (χ2v) is 6.95. The molecule has 1 aliphatic rings. The lowest BCUT2D eigenvalue weighted by atomic mass is 10.1. The van der Waals surface area contributed by atoms with E-state index in [9.17, 15) is 4.55 Å². The van der Waals surface area contributed by atoms with Crippen LogP contribution in [0.15, 0.2) is 36.0 Å². The summed E-state index contributed by atoms with van der Waals surface area (Å²) in [7, 11) is 0. The van der Waals surface area contributed by atoms with Crippen molar-refractivity contribution in [2.45, 2.75) is 44.9 Å². The molecule has 90 valence electrons. The van der Waals surface area contributed by atoms with Crippen molar-refractivity contribution in [2.24, 2.45) is 0 Å². The molecule has 0 fully saturated rings. The molecule has 2 atom stereocenters. The smallest absolute Gasteiger partial charge is 0.136 e. The molecule has 2 unspecified atom stereocenters. The summed E-state index contributed by atoms with van der Waals surface area (Å²) < 4.78 is 14.8. The topological polar surface area (TPSA) is 35.1 Å². The van der Waals surface area contributed by atoms with Crippen LogP contribution in [-0.4, -0.2) is 15.3 Å². The van der Waals surface area contributed by atoms with Crippen molar-refractivity contribution in [2.75, 3.05) is 0 Å². The molecule has 0 heterocycles. The van der Waals surface area contributed by atoms with Gasteiger partial charge < -0.3 is 4.55 Å². The highest BCUT2D eigenvalue weighted by molar-refractivity contribution is 7.90. The van der Waals surface area contributed by atoms with Gasteiger partial charge in [0, 0.05) is 11.4 Å². The summed E-state index contributed by atoms with van der Waals surface area (Å²) in [5, 5.41) is 0. The Morgan fingerprint density at radius 2 is 2.06 bits per heavy atom. The average molecular weight is 239 g/mol. The van der Waals surface area contributed by atoms with Crippen LogP contribution >= 0.6 is 0 Å². The van der Waals surface area contributed by atoms with Crippen molar-refractivity contribution in [1.29, 1.82) is 0 Å². The fraction of sp³-hybridized carbons (Fsp3) is 0.538. The van der Waals surface area contributed by atoms with Crippen LogP contribution in [0.5, 0.6) is 0 Å². The number of hydrogen-bond donors (Lipinski definition) is 1. The first kappa shape index (κ1) is 13.6. The first-order chi connectivity index (χ1) is 7.41. The predicted octanol–water partition coefficient (Wildman–Crippen LogP) is 2.87. The van der Waals surface area contributed by atoms with E-state index in [-0.39, 0.29) is 10.8 Å². The number of nitrogens with one attached hydrogen (secondary N) is 1. The molecule has 0 aliphatic heterocycles. The average Bonchev–Trinajstić information content (AvgIpc) is 2.43. The van der Waals surface area contributed by atoms with E-state index in [1.807, 2.05) is 33.8 Å². The number of hydrogen-bond acceptors (Lipinski definition) is 2. The lowest BCUT2D eigenvalue weighted by molar-refractivity contribution is 0.537. The maximum absolute atomic E-state index is 11.9. The Bertz CT molecular complexity index is 312. The van der Waals surface area contributed by atoms with Crippen LogP contribution in [0.2, 0.25) is 0 Å². The Morgan fingerprint density at radius 3 is 2.69 bits per heavy atom. The van der Waals surface area contributed by atoms with Crippen molar-refractivity contribution in [1.82, 2.24) is 4.72 Å². The molecule has 16 heavy (non-hydrogen) atoms. The van der Waals surface area contributed by atoms with E-state index in [2.05, 4.69) is 29.0 Å². The summed E-state index contributed by atoms with van der Waals surface area (Å²) in [6, 6.07) is 0.110. The van der Waals surface area contributed by atoms with E-state index < -0.39 is 11.4 Å². The Hall–Kier alpha value is -0.510. The van der Waals surface area contributed by atoms with Gasteiger partial charge in [0.15, 0.2) is 0 Å². The summed E-state index contributed by atoms with van der Waals surface area (Å²) in [5.41, 5.74) is 1.17. The van der Waals surface area contributed by atoms with E-state index in [1.165, 1.54) is 5.57 Å². The molecular weight excluding hydrogens is 218 g/mol. The minimum absolute atomic E-state index is 0.110. The SMILES string of the molecule is CC(N[S+]([O-])C(C)(C)C)C1=CC=CCC=C1. The van der Waals surface area contributed by atoms with Gasteiger partial charge in [0.1, 0.15) is 4.75 Å². The Morgan fingerprint density at radius 1 is 1.38 bits per heavy atom. The fourth-order valence-electron chi connectivity index (χ4n) is 1.29.